The molecule has 2 aromatic rings. The topological polar surface area (TPSA) is 29.3 Å². The zero-order chi connectivity index (χ0) is 14.5. The molecule has 0 spiro atoms. The van der Waals surface area contributed by atoms with Gasteiger partial charge < -0.3 is 10.6 Å². The number of nitrogens with zero attached hydrogens (tertiary/aromatic N) is 1. The van der Waals surface area contributed by atoms with Gasteiger partial charge in [-0.3, -0.25) is 0 Å². The molecule has 0 aliphatic heterocycles. The Bertz CT molecular complexity index is 551. The number of anilines is 2. The number of halogens is 1. The van der Waals surface area contributed by atoms with Crippen molar-refractivity contribution in [3.05, 3.63) is 59.9 Å². The molecule has 0 bridgehead atoms. The lowest BCUT2D eigenvalue weighted by molar-refractivity contribution is 0.627. The molecule has 0 aliphatic rings. The fourth-order valence-electron chi connectivity index (χ4n) is 2.30. The molecule has 0 amide bonds. The quantitative estimate of drug-likeness (QED) is 0.874. The van der Waals surface area contributed by atoms with Gasteiger partial charge in [0.15, 0.2) is 0 Å². The molecule has 106 valence electrons. The van der Waals surface area contributed by atoms with E-state index in [4.69, 9.17) is 5.73 Å². The number of hydrogen-bond acceptors (Lipinski definition) is 2. The van der Waals surface area contributed by atoms with E-state index in [2.05, 4.69) is 18.7 Å². The fraction of sp³-hybridized carbons (Fsp3) is 0.294. The van der Waals surface area contributed by atoms with E-state index >= 15 is 0 Å². The van der Waals surface area contributed by atoms with Crippen molar-refractivity contribution in [2.45, 2.75) is 26.3 Å². The Balaban J connectivity index is 2.28. The molecule has 0 heterocycles. The van der Waals surface area contributed by atoms with Crippen molar-refractivity contribution in [3.63, 3.8) is 0 Å². The summed E-state index contributed by atoms with van der Waals surface area (Å²) in [5.41, 5.74) is 9.06. The predicted molar refractivity (Wildman–Crippen MR) is 82.7 cm³/mol. The van der Waals surface area contributed by atoms with Crippen molar-refractivity contribution in [2.75, 3.05) is 11.4 Å². The Morgan fingerprint density at radius 1 is 1.05 bits per heavy atom. The standard InChI is InChI=1S/C17H21FN2/c1-3-17(19)13-8-10-15(11-9-13)20(4-2)16-7-5-6-14(18)12-16/h5-12,17H,3-4,19H2,1-2H3/t17-/m1/s1. The second-order valence-electron chi connectivity index (χ2n) is 4.83. The van der Waals surface area contributed by atoms with Crippen LogP contribution in [0.3, 0.4) is 0 Å². The van der Waals surface area contributed by atoms with Crippen LogP contribution in [0.1, 0.15) is 31.9 Å². The zero-order valence-corrected chi connectivity index (χ0v) is 12.0. The molecule has 0 fully saturated rings. The minimum absolute atomic E-state index is 0.0771. The highest BCUT2D eigenvalue weighted by Crippen LogP contribution is 2.27. The number of benzene rings is 2. The van der Waals surface area contributed by atoms with E-state index in [1.807, 2.05) is 30.3 Å². The Kier molecular flexibility index (Phi) is 4.74. The summed E-state index contributed by atoms with van der Waals surface area (Å²) in [6.45, 7) is 4.91. The van der Waals surface area contributed by atoms with Crippen molar-refractivity contribution < 1.29 is 4.39 Å². The molecule has 2 aromatic carbocycles. The second kappa shape index (κ2) is 6.53. The number of nitrogens with two attached hydrogens (primary N) is 1. The monoisotopic (exact) mass is 272 g/mol. The predicted octanol–water partition coefficient (Wildman–Crippen LogP) is 4.39. The highest BCUT2D eigenvalue weighted by Gasteiger charge is 2.09. The third kappa shape index (κ3) is 3.17. The van der Waals surface area contributed by atoms with E-state index in [1.165, 1.54) is 6.07 Å². The van der Waals surface area contributed by atoms with Crippen molar-refractivity contribution >= 4 is 11.4 Å². The van der Waals surface area contributed by atoms with Gasteiger partial charge in [0.05, 0.1) is 0 Å². The van der Waals surface area contributed by atoms with Gasteiger partial charge in [-0.25, -0.2) is 4.39 Å². The summed E-state index contributed by atoms with van der Waals surface area (Å²) in [6, 6.07) is 14.9. The van der Waals surface area contributed by atoms with Crippen molar-refractivity contribution in [1.29, 1.82) is 0 Å². The van der Waals surface area contributed by atoms with Crippen LogP contribution >= 0.6 is 0 Å². The summed E-state index contributed by atoms with van der Waals surface area (Å²) in [4.78, 5) is 2.07. The summed E-state index contributed by atoms with van der Waals surface area (Å²) in [6.07, 6.45) is 0.917. The van der Waals surface area contributed by atoms with Gasteiger partial charge in [-0.15, -0.1) is 0 Å². The zero-order valence-electron chi connectivity index (χ0n) is 12.0. The van der Waals surface area contributed by atoms with Crippen LogP contribution in [-0.2, 0) is 0 Å². The molecule has 0 aliphatic carbocycles. The van der Waals surface area contributed by atoms with Crippen molar-refractivity contribution in [2.24, 2.45) is 5.73 Å². The highest BCUT2D eigenvalue weighted by atomic mass is 19.1. The molecule has 3 heteroatoms. The molecule has 0 saturated carbocycles. The Morgan fingerprint density at radius 2 is 1.75 bits per heavy atom. The lowest BCUT2D eigenvalue weighted by atomic mass is 10.0. The summed E-state index contributed by atoms with van der Waals surface area (Å²) >= 11 is 0. The van der Waals surface area contributed by atoms with Crippen LogP contribution in [0.15, 0.2) is 48.5 Å². The molecule has 0 saturated heterocycles. The molecule has 1 atom stereocenters. The summed E-state index contributed by atoms with van der Waals surface area (Å²) in [5, 5.41) is 0. The van der Waals surface area contributed by atoms with Crippen LogP contribution in [0.2, 0.25) is 0 Å². The minimum atomic E-state index is -0.217. The third-order valence-corrected chi connectivity index (χ3v) is 3.51. The highest BCUT2D eigenvalue weighted by molar-refractivity contribution is 5.63. The van der Waals surface area contributed by atoms with E-state index in [0.717, 1.165) is 29.9 Å². The first-order valence-corrected chi connectivity index (χ1v) is 7.04. The summed E-state index contributed by atoms with van der Waals surface area (Å²) in [5.74, 6) is -0.217. The molecule has 0 radical (unpaired) electrons. The molecule has 0 aromatic heterocycles. The molecule has 0 unspecified atom stereocenters. The van der Waals surface area contributed by atoms with E-state index in [0.29, 0.717) is 0 Å². The molecule has 2 nitrogen and oxygen atoms in total. The SMILES string of the molecule is CC[C@@H](N)c1ccc(N(CC)c2cccc(F)c2)cc1. The van der Waals surface area contributed by atoms with E-state index in [9.17, 15) is 4.39 Å². The molecule has 20 heavy (non-hydrogen) atoms. The Labute approximate surface area is 120 Å². The van der Waals surface area contributed by atoms with Crippen molar-refractivity contribution in [1.82, 2.24) is 0 Å². The lowest BCUT2D eigenvalue weighted by Crippen LogP contribution is -2.16. The fourth-order valence-corrected chi connectivity index (χ4v) is 2.30. The van der Waals surface area contributed by atoms with Crippen LogP contribution in [0, 0.1) is 5.82 Å². The van der Waals surface area contributed by atoms with E-state index in [1.54, 1.807) is 12.1 Å². The average molecular weight is 272 g/mol. The van der Waals surface area contributed by atoms with Crippen LogP contribution in [-0.4, -0.2) is 6.54 Å². The average Bonchev–Trinajstić information content (AvgIpc) is 2.48. The lowest BCUT2D eigenvalue weighted by Gasteiger charge is -2.24. The van der Waals surface area contributed by atoms with Gasteiger partial charge in [-0.1, -0.05) is 25.1 Å². The van der Waals surface area contributed by atoms with Gasteiger partial charge in [0.2, 0.25) is 0 Å². The normalized spacial score (nSPS) is 12.2. The van der Waals surface area contributed by atoms with Gasteiger partial charge in [-0.05, 0) is 49.2 Å². The first kappa shape index (κ1) is 14.5. The van der Waals surface area contributed by atoms with Crippen molar-refractivity contribution in [3.8, 4) is 0 Å². The van der Waals surface area contributed by atoms with Gasteiger partial charge in [0.25, 0.3) is 0 Å². The summed E-state index contributed by atoms with van der Waals surface area (Å²) in [7, 11) is 0. The first-order chi connectivity index (χ1) is 9.65. The van der Waals surface area contributed by atoms with Crippen LogP contribution in [0.4, 0.5) is 15.8 Å². The molecular formula is C17H21FN2. The molecular weight excluding hydrogens is 251 g/mol. The van der Waals surface area contributed by atoms with E-state index in [-0.39, 0.29) is 11.9 Å². The minimum Gasteiger partial charge on any atom is -0.342 e. The second-order valence-corrected chi connectivity index (χ2v) is 4.83. The first-order valence-electron chi connectivity index (χ1n) is 7.04. The smallest absolute Gasteiger partial charge is 0.125 e. The maximum atomic E-state index is 13.4. The number of rotatable bonds is 5. The third-order valence-electron chi connectivity index (χ3n) is 3.51. The largest absolute Gasteiger partial charge is 0.342 e. The van der Waals surface area contributed by atoms with Gasteiger partial charge in [0, 0.05) is 24.0 Å². The maximum absolute atomic E-state index is 13.4. The van der Waals surface area contributed by atoms with Crippen LogP contribution in [0.5, 0.6) is 0 Å². The Hall–Kier alpha value is -1.87. The van der Waals surface area contributed by atoms with Gasteiger partial charge >= 0.3 is 0 Å². The van der Waals surface area contributed by atoms with Gasteiger partial charge in [0.1, 0.15) is 5.82 Å². The maximum Gasteiger partial charge on any atom is 0.125 e. The summed E-state index contributed by atoms with van der Waals surface area (Å²) < 4.78 is 13.4. The molecule has 2 N–H and O–H groups in total. The van der Waals surface area contributed by atoms with Crippen LogP contribution < -0.4 is 10.6 Å². The van der Waals surface area contributed by atoms with Crippen LogP contribution in [0.25, 0.3) is 0 Å². The van der Waals surface area contributed by atoms with Gasteiger partial charge in [-0.2, -0.15) is 0 Å². The molecule has 2 rings (SSSR count). The Morgan fingerprint density at radius 3 is 2.30 bits per heavy atom. The van der Waals surface area contributed by atoms with E-state index < -0.39 is 0 Å². The number of hydrogen-bond donors (Lipinski definition) is 1.